The zero-order valence-electron chi connectivity index (χ0n) is 9.05. The predicted molar refractivity (Wildman–Crippen MR) is 64.1 cm³/mol. The number of nitrogens with zero attached hydrogens (tertiary/aromatic N) is 2. The Balaban J connectivity index is 2.24. The molecule has 0 saturated heterocycles. The topological polar surface area (TPSA) is 78.0 Å². The quantitative estimate of drug-likeness (QED) is 0.927. The first-order valence-corrected chi connectivity index (χ1v) is 6.77. The van der Waals surface area contributed by atoms with Crippen LogP contribution in [0, 0.1) is 5.82 Å². The first-order valence-electron chi connectivity index (χ1n) is 4.85. The zero-order valence-corrected chi connectivity index (χ0v) is 10.6. The van der Waals surface area contributed by atoms with Gasteiger partial charge < -0.3 is 4.57 Å². The van der Waals surface area contributed by atoms with Crippen LogP contribution in [0.4, 0.5) is 4.39 Å². The van der Waals surface area contributed by atoms with Crippen LogP contribution < -0.4 is 5.14 Å². The number of imidazole rings is 1. The van der Waals surface area contributed by atoms with E-state index in [1.807, 2.05) is 0 Å². The standard InChI is InChI=1S/C10H9ClFN3O2S/c11-8-3-7(1-2-9(8)12)4-15-5-10(14-6-15)18(13,16)17/h1-3,5-6H,4H2,(H2,13,16,17). The third-order valence-corrected chi connectivity index (χ3v) is 3.33. The minimum Gasteiger partial charge on any atom is -0.332 e. The van der Waals surface area contributed by atoms with Crippen molar-refractivity contribution in [2.24, 2.45) is 5.14 Å². The highest BCUT2D eigenvalue weighted by atomic mass is 35.5. The van der Waals surface area contributed by atoms with E-state index in [1.54, 1.807) is 6.07 Å². The monoisotopic (exact) mass is 289 g/mol. The van der Waals surface area contributed by atoms with Crippen molar-refractivity contribution >= 4 is 21.6 Å². The molecule has 5 nitrogen and oxygen atoms in total. The number of benzene rings is 1. The van der Waals surface area contributed by atoms with E-state index < -0.39 is 15.8 Å². The Morgan fingerprint density at radius 2 is 2.17 bits per heavy atom. The number of hydrogen-bond donors (Lipinski definition) is 1. The van der Waals surface area contributed by atoms with E-state index in [0.717, 1.165) is 5.56 Å². The molecule has 0 aliphatic carbocycles. The Morgan fingerprint density at radius 3 is 2.72 bits per heavy atom. The Kier molecular flexibility index (Phi) is 3.38. The minimum atomic E-state index is -3.81. The lowest BCUT2D eigenvalue weighted by Gasteiger charge is -2.03. The van der Waals surface area contributed by atoms with Gasteiger partial charge in [0.15, 0.2) is 5.03 Å². The summed E-state index contributed by atoms with van der Waals surface area (Å²) in [5.74, 6) is -0.503. The molecule has 2 aromatic rings. The molecule has 0 amide bonds. The van der Waals surface area contributed by atoms with Crippen molar-refractivity contribution < 1.29 is 12.8 Å². The fourth-order valence-electron chi connectivity index (χ4n) is 1.42. The largest absolute Gasteiger partial charge is 0.332 e. The molecule has 18 heavy (non-hydrogen) atoms. The summed E-state index contributed by atoms with van der Waals surface area (Å²) >= 11 is 5.64. The van der Waals surface area contributed by atoms with Crippen LogP contribution in [0.5, 0.6) is 0 Å². The molecule has 8 heteroatoms. The molecule has 1 heterocycles. The average Bonchev–Trinajstić information content (AvgIpc) is 2.72. The molecule has 1 aromatic heterocycles. The van der Waals surface area contributed by atoms with Gasteiger partial charge in [-0.25, -0.2) is 22.9 Å². The molecular weight excluding hydrogens is 281 g/mol. The lowest BCUT2D eigenvalue weighted by Crippen LogP contribution is -2.12. The Bertz CT molecular complexity index is 684. The Hall–Kier alpha value is -1.44. The van der Waals surface area contributed by atoms with Crippen LogP contribution in [-0.4, -0.2) is 18.0 Å². The molecule has 2 rings (SSSR count). The van der Waals surface area contributed by atoms with Gasteiger partial charge in [0, 0.05) is 12.7 Å². The third kappa shape index (κ3) is 2.87. The summed E-state index contributed by atoms with van der Waals surface area (Å²) < 4.78 is 36.5. The highest BCUT2D eigenvalue weighted by molar-refractivity contribution is 7.89. The van der Waals surface area contributed by atoms with Crippen molar-refractivity contribution in [3.8, 4) is 0 Å². The van der Waals surface area contributed by atoms with Crippen molar-refractivity contribution in [3.05, 3.63) is 47.1 Å². The number of rotatable bonds is 3. The van der Waals surface area contributed by atoms with Crippen LogP contribution in [-0.2, 0) is 16.6 Å². The second kappa shape index (κ2) is 4.68. The van der Waals surface area contributed by atoms with Crippen LogP contribution >= 0.6 is 11.6 Å². The summed E-state index contributed by atoms with van der Waals surface area (Å²) in [4.78, 5) is 3.67. The van der Waals surface area contributed by atoms with Crippen molar-refractivity contribution in [1.29, 1.82) is 0 Å². The summed E-state index contributed by atoms with van der Waals surface area (Å²) in [6.45, 7) is 0.322. The predicted octanol–water partition coefficient (Wildman–Crippen LogP) is 1.37. The van der Waals surface area contributed by atoms with Gasteiger partial charge >= 0.3 is 0 Å². The molecule has 0 spiro atoms. The molecule has 0 radical (unpaired) electrons. The molecule has 0 aliphatic heterocycles. The van der Waals surface area contributed by atoms with Gasteiger partial charge in [-0.1, -0.05) is 17.7 Å². The van der Waals surface area contributed by atoms with E-state index in [1.165, 1.54) is 29.2 Å². The first-order chi connectivity index (χ1) is 8.36. The van der Waals surface area contributed by atoms with Crippen LogP contribution in [0.25, 0.3) is 0 Å². The van der Waals surface area contributed by atoms with Gasteiger partial charge in [0.2, 0.25) is 0 Å². The molecular formula is C10H9ClFN3O2S. The van der Waals surface area contributed by atoms with Crippen LogP contribution in [0.1, 0.15) is 5.56 Å². The minimum absolute atomic E-state index is 0.0132. The molecule has 0 atom stereocenters. The van der Waals surface area contributed by atoms with Crippen molar-refractivity contribution in [2.75, 3.05) is 0 Å². The highest BCUT2D eigenvalue weighted by Crippen LogP contribution is 2.17. The van der Waals surface area contributed by atoms with E-state index >= 15 is 0 Å². The maximum absolute atomic E-state index is 13.0. The van der Waals surface area contributed by atoms with Gasteiger partial charge in [-0.05, 0) is 17.7 Å². The van der Waals surface area contributed by atoms with Crippen molar-refractivity contribution in [2.45, 2.75) is 11.6 Å². The van der Waals surface area contributed by atoms with Crippen molar-refractivity contribution in [1.82, 2.24) is 9.55 Å². The number of nitrogens with two attached hydrogens (primary N) is 1. The van der Waals surface area contributed by atoms with Gasteiger partial charge in [-0.2, -0.15) is 0 Å². The summed E-state index contributed by atoms with van der Waals surface area (Å²) in [5.41, 5.74) is 0.722. The molecule has 0 bridgehead atoms. The van der Waals surface area contributed by atoms with Crippen molar-refractivity contribution in [3.63, 3.8) is 0 Å². The lowest BCUT2D eigenvalue weighted by molar-refractivity contribution is 0.594. The van der Waals surface area contributed by atoms with E-state index in [4.69, 9.17) is 16.7 Å². The summed E-state index contributed by atoms with van der Waals surface area (Å²) in [6, 6.07) is 4.26. The second-order valence-corrected chi connectivity index (χ2v) is 5.59. The van der Waals surface area contributed by atoms with Crippen LogP contribution in [0.3, 0.4) is 0 Å². The first kappa shape index (κ1) is 13.0. The Morgan fingerprint density at radius 1 is 1.44 bits per heavy atom. The number of halogens is 2. The van der Waals surface area contributed by atoms with Gasteiger partial charge in [0.25, 0.3) is 10.0 Å². The smallest absolute Gasteiger partial charge is 0.257 e. The summed E-state index contributed by atoms with van der Waals surface area (Å²) in [7, 11) is -3.81. The highest BCUT2D eigenvalue weighted by Gasteiger charge is 2.11. The third-order valence-electron chi connectivity index (χ3n) is 2.25. The number of sulfonamides is 1. The molecule has 0 saturated carbocycles. The maximum atomic E-state index is 13.0. The average molecular weight is 290 g/mol. The number of primary sulfonamides is 1. The maximum Gasteiger partial charge on any atom is 0.257 e. The van der Waals surface area contributed by atoms with E-state index in [9.17, 15) is 12.8 Å². The van der Waals surface area contributed by atoms with Gasteiger partial charge in [-0.3, -0.25) is 0 Å². The molecule has 96 valence electrons. The summed E-state index contributed by atoms with van der Waals surface area (Å²) in [6.07, 6.45) is 2.63. The number of aromatic nitrogens is 2. The SMILES string of the molecule is NS(=O)(=O)c1cn(Cc2ccc(F)c(Cl)c2)cn1. The Labute approximate surface area is 108 Å². The fourth-order valence-corrected chi connectivity index (χ4v) is 2.10. The van der Waals surface area contributed by atoms with E-state index in [-0.39, 0.29) is 10.0 Å². The van der Waals surface area contributed by atoms with Gasteiger partial charge in [0.05, 0.1) is 11.3 Å². The lowest BCUT2D eigenvalue weighted by atomic mass is 10.2. The molecule has 0 fully saturated rings. The molecule has 0 aliphatic rings. The molecule has 1 aromatic carbocycles. The zero-order chi connectivity index (χ0) is 13.3. The van der Waals surface area contributed by atoms with E-state index in [0.29, 0.717) is 6.54 Å². The van der Waals surface area contributed by atoms with E-state index in [2.05, 4.69) is 4.98 Å². The summed E-state index contributed by atoms with van der Waals surface area (Å²) in [5, 5.41) is 4.73. The van der Waals surface area contributed by atoms with Gasteiger partial charge in [0.1, 0.15) is 5.82 Å². The molecule has 2 N–H and O–H groups in total. The van der Waals surface area contributed by atoms with Gasteiger partial charge in [-0.15, -0.1) is 0 Å². The second-order valence-electron chi connectivity index (χ2n) is 3.68. The van der Waals surface area contributed by atoms with Crippen LogP contribution in [0.2, 0.25) is 5.02 Å². The number of hydrogen-bond acceptors (Lipinski definition) is 3. The molecule has 0 unspecified atom stereocenters. The normalized spacial score (nSPS) is 11.7. The van der Waals surface area contributed by atoms with Crippen LogP contribution in [0.15, 0.2) is 35.7 Å². The fraction of sp³-hybridized carbons (Fsp3) is 0.100.